The van der Waals surface area contributed by atoms with Crippen molar-refractivity contribution in [3.63, 3.8) is 0 Å². The summed E-state index contributed by atoms with van der Waals surface area (Å²) >= 11 is 3.08. The highest BCUT2D eigenvalue weighted by atomic mass is 32.1. The number of thiophene rings is 1. The van der Waals surface area contributed by atoms with Gasteiger partial charge in [-0.1, -0.05) is 0 Å². The second-order valence-electron chi connectivity index (χ2n) is 5.44. The molecule has 0 radical (unpaired) electrons. The molecule has 0 aliphatic heterocycles. The third-order valence-electron chi connectivity index (χ3n) is 3.64. The SMILES string of the molecule is COc1ccc(-c2csc(-n3nc(-c4cc(C)cs4)nc3N)n2)cc1. The van der Waals surface area contributed by atoms with Gasteiger partial charge in [0.1, 0.15) is 5.75 Å². The van der Waals surface area contributed by atoms with Gasteiger partial charge in [0.2, 0.25) is 11.1 Å². The summed E-state index contributed by atoms with van der Waals surface area (Å²) in [6.45, 7) is 2.04. The quantitative estimate of drug-likeness (QED) is 0.588. The Kier molecular flexibility index (Phi) is 3.98. The van der Waals surface area contributed by atoms with Gasteiger partial charge < -0.3 is 10.5 Å². The molecule has 0 atom stereocenters. The summed E-state index contributed by atoms with van der Waals surface area (Å²) in [5.41, 5.74) is 9.11. The summed E-state index contributed by atoms with van der Waals surface area (Å²) in [6, 6.07) is 9.82. The average Bonchev–Trinajstić information content (AvgIpc) is 3.34. The largest absolute Gasteiger partial charge is 0.497 e. The molecule has 25 heavy (non-hydrogen) atoms. The molecule has 0 unspecified atom stereocenters. The van der Waals surface area contributed by atoms with Crippen LogP contribution in [0.2, 0.25) is 0 Å². The van der Waals surface area contributed by atoms with Crippen LogP contribution in [0.25, 0.3) is 27.1 Å². The van der Waals surface area contributed by atoms with Crippen molar-refractivity contribution in [2.45, 2.75) is 6.92 Å². The molecule has 0 aliphatic carbocycles. The topological polar surface area (TPSA) is 78.8 Å². The number of aryl methyl sites for hydroxylation is 1. The van der Waals surface area contributed by atoms with E-state index in [9.17, 15) is 0 Å². The van der Waals surface area contributed by atoms with E-state index in [-0.39, 0.29) is 0 Å². The number of methoxy groups -OCH3 is 1. The number of ether oxygens (including phenoxy) is 1. The van der Waals surface area contributed by atoms with Gasteiger partial charge >= 0.3 is 0 Å². The number of thiazole rings is 1. The van der Waals surface area contributed by atoms with E-state index in [4.69, 9.17) is 10.5 Å². The van der Waals surface area contributed by atoms with Crippen molar-refractivity contribution in [3.05, 3.63) is 46.7 Å². The van der Waals surface area contributed by atoms with Gasteiger partial charge in [0.15, 0.2) is 5.82 Å². The molecule has 4 rings (SSSR count). The van der Waals surface area contributed by atoms with E-state index in [0.29, 0.717) is 16.9 Å². The first-order chi connectivity index (χ1) is 12.1. The fourth-order valence-electron chi connectivity index (χ4n) is 2.37. The summed E-state index contributed by atoms with van der Waals surface area (Å²) in [6.07, 6.45) is 0. The van der Waals surface area contributed by atoms with Crippen molar-refractivity contribution < 1.29 is 4.74 Å². The molecule has 6 nitrogen and oxygen atoms in total. The number of nitrogens with two attached hydrogens (primary N) is 1. The molecular formula is C17H15N5OS2. The fourth-order valence-corrected chi connectivity index (χ4v) is 3.99. The Bertz CT molecular complexity index is 1020. The van der Waals surface area contributed by atoms with Crippen molar-refractivity contribution in [1.82, 2.24) is 19.7 Å². The molecule has 0 aliphatic rings. The summed E-state index contributed by atoms with van der Waals surface area (Å²) in [5.74, 6) is 1.77. The van der Waals surface area contributed by atoms with Crippen LogP contribution < -0.4 is 10.5 Å². The van der Waals surface area contributed by atoms with Crippen molar-refractivity contribution in [1.29, 1.82) is 0 Å². The molecule has 3 heterocycles. The highest BCUT2D eigenvalue weighted by Crippen LogP contribution is 2.29. The second-order valence-corrected chi connectivity index (χ2v) is 7.19. The van der Waals surface area contributed by atoms with Gasteiger partial charge in [-0.25, -0.2) is 4.98 Å². The molecule has 0 saturated carbocycles. The van der Waals surface area contributed by atoms with E-state index < -0.39 is 0 Å². The van der Waals surface area contributed by atoms with Crippen LogP contribution in [-0.4, -0.2) is 26.9 Å². The Hall–Kier alpha value is -2.71. The molecular weight excluding hydrogens is 354 g/mol. The monoisotopic (exact) mass is 369 g/mol. The number of hydrogen-bond acceptors (Lipinski definition) is 7. The predicted molar refractivity (Wildman–Crippen MR) is 101 cm³/mol. The van der Waals surface area contributed by atoms with Crippen LogP contribution in [0, 0.1) is 6.92 Å². The fraction of sp³-hybridized carbons (Fsp3) is 0.118. The summed E-state index contributed by atoms with van der Waals surface area (Å²) in [7, 11) is 1.65. The van der Waals surface area contributed by atoms with Gasteiger partial charge in [0.05, 0.1) is 17.7 Å². The standard InChI is InChI=1S/C17H15N5OS2/c1-10-7-14(24-8-10)15-20-16(18)22(21-15)17-19-13(9-25-17)11-3-5-12(23-2)6-4-11/h3-9H,1-2H3,(H2,18,20,21). The predicted octanol–water partition coefficient (Wildman–Crippen LogP) is 4.02. The Morgan fingerprint density at radius 1 is 1.08 bits per heavy atom. The minimum absolute atomic E-state index is 0.330. The zero-order valence-electron chi connectivity index (χ0n) is 13.6. The summed E-state index contributed by atoms with van der Waals surface area (Å²) in [5, 5.41) is 9.25. The number of aromatic nitrogens is 4. The first kappa shape index (κ1) is 15.8. The molecule has 0 bridgehead atoms. The van der Waals surface area contributed by atoms with Gasteiger partial charge in [-0.2, -0.15) is 9.67 Å². The van der Waals surface area contributed by atoms with Crippen molar-refractivity contribution >= 4 is 28.6 Å². The number of nitrogens with zero attached hydrogens (tertiary/aromatic N) is 4. The van der Waals surface area contributed by atoms with Crippen molar-refractivity contribution in [3.8, 4) is 32.8 Å². The second kappa shape index (κ2) is 6.30. The van der Waals surface area contributed by atoms with E-state index in [1.807, 2.05) is 36.6 Å². The van der Waals surface area contributed by atoms with E-state index in [1.165, 1.54) is 16.9 Å². The van der Waals surface area contributed by atoms with Crippen LogP contribution in [0.1, 0.15) is 5.56 Å². The number of benzene rings is 1. The van der Waals surface area contributed by atoms with Crippen LogP contribution in [0.4, 0.5) is 5.95 Å². The maximum absolute atomic E-state index is 6.05. The van der Waals surface area contributed by atoms with Gasteiger partial charge in [-0.05, 0) is 48.2 Å². The van der Waals surface area contributed by atoms with Crippen molar-refractivity contribution in [2.75, 3.05) is 12.8 Å². The Morgan fingerprint density at radius 3 is 2.56 bits per heavy atom. The van der Waals surface area contributed by atoms with Crippen molar-refractivity contribution in [2.24, 2.45) is 0 Å². The van der Waals surface area contributed by atoms with Gasteiger partial charge in [-0.3, -0.25) is 0 Å². The molecule has 2 N–H and O–H groups in total. The molecule has 126 valence electrons. The highest BCUT2D eigenvalue weighted by Gasteiger charge is 2.15. The Morgan fingerprint density at radius 2 is 1.88 bits per heavy atom. The lowest BCUT2D eigenvalue weighted by Gasteiger charge is -2.00. The molecule has 1 aromatic carbocycles. The van der Waals surface area contributed by atoms with E-state index >= 15 is 0 Å². The third kappa shape index (κ3) is 3.01. The molecule has 0 fully saturated rings. The number of rotatable bonds is 4. The number of hydrogen-bond donors (Lipinski definition) is 1. The van der Waals surface area contributed by atoms with Crippen LogP contribution in [0.5, 0.6) is 5.75 Å². The Labute approximate surface area is 152 Å². The van der Waals surface area contributed by atoms with Crippen LogP contribution in [-0.2, 0) is 0 Å². The molecule has 0 saturated heterocycles. The third-order valence-corrected chi connectivity index (χ3v) is 5.50. The molecule has 0 amide bonds. The zero-order chi connectivity index (χ0) is 17.4. The smallest absolute Gasteiger partial charge is 0.226 e. The molecule has 8 heteroatoms. The summed E-state index contributed by atoms with van der Waals surface area (Å²) < 4.78 is 6.77. The van der Waals surface area contributed by atoms with Crippen LogP contribution in [0.3, 0.4) is 0 Å². The lowest BCUT2D eigenvalue weighted by molar-refractivity contribution is 0.415. The van der Waals surface area contributed by atoms with Gasteiger partial charge in [-0.15, -0.1) is 27.8 Å². The van der Waals surface area contributed by atoms with Gasteiger partial charge in [0, 0.05) is 10.9 Å². The molecule has 3 aromatic heterocycles. The van der Waals surface area contributed by atoms with E-state index in [2.05, 4.69) is 26.5 Å². The van der Waals surface area contributed by atoms with Crippen LogP contribution >= 0.6 is 22.7 Å². The molecule has 0 spiro atoms. The number of nitrogen functional groups attached to an aromatic ring is 1. The maximum Gasteiger partial charge on any atom is 0.226 e. The Balaban J connectivity index is 1.66. The normalized spacial score (nSPS) is 11.0. The minimum Gasteiger partial charge on any atom is -0.497 e. The van der Waals surface area contributed by atoms with E-state index in [0.717, 1.165) is 21.9 Å². The first-order valence-electron chi connectivity index (χ1n) is 7.52. The molecule has 4 aromatic rings. The lowest BCUT2D eigenvalue weighted by atomic mass is 10.2. The van der Waals surface area contributed by atoms with Gasteiger partial charge in [0.25, 0.3) is 0 Å². The summed E-state index contributed by atoms with van der Waals surface area (Å²) in [4.78, 5) is 10.0. The zero-order valence-corrected chi connectivity index (χ0v) is 15.3. The lowest BCUT2D eigenvalue weighted by Crippen LogP contribution is -2.01. The first-order valence-corrected chi connectivity index (χ1v) is 9.28. The minimum atomic E-state index is 0.330. The highest BCUT2D eigenvalue weighted by molar-refractivity contribution is 7.13. The maximum atomic E-state index is 6.05. The average molecular weight is 369 g/mol. The van der Waals surface area contributed by atoms with E-state index in [1.54, 1.807) is 23.1 Å². The van der Waals surface area contributed by atoms with Crippen LogP contribution in [0.15, 0.2) is 41.1 Å². The number of anilines is 1.